The van der Waals surface area contributed by atoms with Gasteiger partial charge in [0.25, 0.3) is 0 Å². The maximum absolute atomic E-state index is 12.0. The number of rotatable bonds is 7. The van der Waals surface area contributed by atoms with Crippen molar-refractivity contribution in [1.29, 1.82) is 0 Å². The van der Waals surface area contributed by atoms with Crippen molar-refractivity contribution in [2.24, 2.45) is 13.0 Å². The van der Waals surface area contributed by atoms with Gasteiger partial charge in [0, 0.05) is 45.5 Å². The van der Waals surface area contributed by atoms with Gasteiger partial charge in [0.05, 0.1) is 19.4 Å². The molecule has 0 radical (unpaired) electrons. The molecule has 2 amide bonds. The van der Waals surface area contributed by atoms with E-state index < -0.39 is 0 Å². The quantitative estimate of drug-likeness (QED) is 0.772. The zero-order valence-corrected chi connectivity index (χ0v) is 14.4. The number of morpholine rings is 1. The Morgan fingerprint density at radius 2 is 2.09 bits per heavy atom. The highest BCUT2D eigenvalue weighted by Gasteiger charge is 2.24. The van der Waals surface area contributed by atoms with Crippen LogP contribution >= 0.6 is 0 Å². The number of ether oxygens (including phenoxy) is 1. The lowest BCUT2D eigenvalue weighted by Gasteiger charge is -2.36. The highest BCUT2D eigenvalue weighted by Crippen LogP contribution is 2.12. The molecule has 0 aliphatic carbocycles. The van der Waals surface area contributed by atoms with E-state index in [-0.39, 0.29) is 6.03 Å². The van der Waals surface area contributed by atoms with Crippen LogP contribution in [0.1, 0.15) is 19.4 Å². The largest absolute Gasteiger partial charge is 0.379 e. The van der Waals surface area contributed by atoms with Gasteiger partial charge in [-0.1, -0.05) is 13.8 Å². The van der Waals surface area contributed by atoms with Crippen LogP contribution in [-0.2, 0) is 18.2 Å². The molecule has 1 aliphatic heterocycles. The summed E-state index contributed by atoms with van der Waals surface area (Å²) in [5.41, 5.74) is 1.13. The van der Waals surface area contributed by atoms with Crippen molar-refractivity contribution >= 4 is 6.03 Å². The zero-order valence-electron chi connectivity index (χ0n) is 14.4. The molecule has 7 nitrogen and oxygen atoms in total. The van der Waals surface area contributed by atoms with Crippen LogP contribution in [0.15, 0.2) is 12.4 Å². The fourth-order valence-corrected chi connectivity index (χ4v) is 2.88. The third-order valence-corrected chi connectivity index (χ3v) is 4.21. The van der Waals surface area contributed by atoms with Gasteiger partial charge in [0.1, 0.15) is 0 Å². The molecule has 2 heterocycles. The number of aromatic nitrogens is 2. The predicted octanol–water partition coefficient (Wildman–Crippen LogP) is 0.619. The summed E-state index contributed by atoms with van der Waals surface area (Å²) in [5, 5.41) is 10.0. The minimum Gasteiger partial charge on any atom is -0.379 e. The molecule has 2 rings (SSSR count). The van der Waals surface area contributed by atoms with Crippen LogP contribution in [0.25, 0.3) is 0 Å². The van der Waals surface area contributed by atoms with Crippen molar-refractivity contribution in [3.05, 3.63) is 18.0 Å². The number of carbonyl (C=O) groups excluding carboxylic acids is 1. The van der Waals surface area contributed by atoms with Crippen LogP contribution in [0, 0.1) is 5.92 Å². The van der Waals surface area contributed by atoms with E-state index in [2.05, 4.69) is 34.5 Å². The number of hydrogen-bond acceptors (Lipinski definition) is 4. The first-order valence-electron chi connectivity index (χ1n) is 8.37. The van der Waals surface area contributed by atoms with Gasteiger partial charge in [-0.15, -0.1) is 0 Å². The molecule has 7 heteroatoms. The Hall–Kier alpha value is -1.60. The van der Waals surface area contributed by atoms with Crippen molar-refractivity contribution in [1.82, 2.24) is 25.3 Å². The minimum absolute atomic E-state index is 0.104. The number of amides is 2. The summed E-state index contributed by atoms with van der Waals surface area (Å²) in [4.78, 5) is 14.4. The summed E-state index contributed by atoms with van der Waals surface area (Å²) in [6.07, 6.45) is 4.58. The van der Waals surface area contributed by atoms with Gasteiger partial charge in [-0.05, 0) is 17.9 Å². The lowest BCUT2D eigenvalue weighted by Crippen LogP contribution is -2.52. The predicted molar refractivity (Wildman–Crippen MR) is 89.3 cm³/mol. The molecule has 1 aromatic heterocycles. The summed E-state index contributed by atoms with van der Waals surface area (Å²) < 4.78 is 7.17. The Morgan fingerprint density at radius 3 is 2.70 bits per heavy atom. The SMILES string of the molecule is CC(C)[C@H](CNC(=O)NCCc1cnn(C)c1)N1CCOCC1. The molecular formula is C16H29N5O2. The lowest BCUT2D eigenvalue weighted by atomic mass is 10.0. The third-order valence-electron chi connectivity index (χ3n) is 4.21. The number of hydrogen-bond donors (Lipinski definition) is 2. The van der Waals surface area contributed by atoms with Crippen LogP contribution < -0.4 is 10.6 Å². The van der Waals surface area contributed by atoms with Gasteiger partial charge in [-0.2, -0.15) is 5.10 Å². The van der Waals surface area contributed by atoms with Crippen LogP contribution in [0.2, 0.25) is 0 Å². The molecule has 1 aromatic rings. The average molecular weight is 323 g/mol. The normalized spacial score (nSPS) is 17.2. The number of nitrogens with one attached hydrogen (secondary N) is 2. The second kappa shape index (κ2) is 8.88. The van der Waals surface area contributed by atoms with Crippen molar-refractivity contribution in [2.45, 2.75) is 26.3 Å². The van der Waals surface area contributed by atoms with E-state index in [1.807, 2.05) is 19.4 Å². The Labute approximate surface area is 138 Å². The Bertz CT molecular complexity index is 483. The second-order valence-corrected chi connectivity index (χ2v) is 6.37. The summed E-state index contributed by atoms with van der Waals surface area (Å²) in [7, 11) is 1.89. The minimum atomic E-state index is -0.104. The van der Waals surface area contributed by atoms with Crippen molar-refractivity contribution in [3.63, 3.8) is 0 Å². The fraction of sp³-hybridized carbons (Fsp3) is 0.750. The molecule has 23 heavy (non-hydrogen) atoms. The highest BCUT2D eigenvalue weighted by molar-refractivity contribution is 5.73. The van der Waals surface area contributed by atoms with Crippen LogP contribution in [-0.4, -0.2) is 66.1 Å². The first kappa shape index (κ1) is 17.7. The number of carbonyl (C=O) groups is 1. The first-order chi connectivity index (χ1) is 11.1. The van der Waals surface area contributed by atoms with E-state index in [0.717, 1.165) is 38.3 Å². The summed E-state index contributed by atoms with van der Waals surface area (Å²) >= 11 is 0. The van der Waals surface area contributed by atoms with E-state index in [1.54, 1.807) is 4.68 Å². The summed E-state index contributed by atoms with van der Waals surface area (Å²) in [6.45, 7) is 9.10. The van der Waals surface area contributed by atoms with Gasteiger partial charge in [-0.3, -0.25) is 9.58 Å². The first-order valence-corrected chi connectivity index (χ1v) is 8.37. The van der Waals surface area contributed by atoms with Crippen LogP contribution in [0.4, 0.5) is 4.79 Å². The summed E-state index contributed by atoms with van der Waals surface area (Å²) in [6, 6.07) is 0.246. The van der Waals surface area contributed by atoms with Crippen LogP contribution in [0.3, 0.4) is 0 Å². The molecule has 2 N–H and O–H groups in total. The van der Waals surface area contributed by atoms with E-state index in [1.165, 1.54) is 0 Å². The maximum atomic E-state index is 12.0. The Balaban J connectivity index is 1.68. The fourth-order valence-electron chi connectivity index (χ4n) is 2.88. The number of urea groups is 1. The van der Waals surface area contributed by atoms with Crippen molar-refractivity contribution < 1.29 is 9.53 Å². The van der Waals surface area contributed by atoms with E-state index in [4.69, 9.17) is 4.74 Å². The molecule has 0 saturated carbocycles. The number of aryl methyl sites for hydroxylation is 1. The summed E-state index contributed by atoms with van der Waals surface area (Å²) in [5.74, 6) is 0.490. The molecule has 0 unspecified atom stereocenters. The molecular weight excluding hydrogens is 294 g/mol. The topological polar surface area (TPSA) is 71.4 Å². The van der Waals surface area contributed by atoms with Gasteiger partial charge < -0.3 is 15.4 Å². The molecule has 1 aliphatic rings. The van der Waals surface area contributed by atoms with Gasteiger partial charge >= 0.3 is 6.03 Å². The average Bonchev–Trinajstić information content (AvgIpc) is 2.94. The van der Waals surface area contributed by atoms with Crippen LogP contribution in [0.5, 0.6) is 0 Å². The number of nitrogens with zero attached hydrogens (tertiary/aromatic N) is 3. The molecule has 0 spiro atoms. The molecule has 1 fully saturated rings. The Kier molecular flexibility index (Phi) is 6.85. The molecule has 0 aromatic carbocycles. The standard InChI is InChI=1S/C16H29N5O2/c1-13(2)15(21-6-8-23-9-7-21)11-18-16(22)17-5-4-14-10-19-20(3)12-14/h10,12-13,15H,4-9,11H2,1-3H3,(H2,17,18,22)/t15-/m0/s1. The molecule has 1 atom stereocenters. The van der Waals surface area contributed by atoms with E-state index in [9.17, 15) is 4.79 Å². The van der Waals surface area contributed by atoms with Gasteiger partial charge in [0.15, 0.2) is 0 Å². The molecule has 1 saturated heterocycles. The van der Waals surface area contributed by atoms with E-state index >= 15 is 0 Å². The van der Waals surface area contributed by atoms with Crippen molar-refractivity contribution in [3.8, 4) is 0 Å². The smallest absolute Gasteiger partial charge is 0.314 e. The monoisotopic (exact) mass is 323 g/mol. The van der Waals surface area contributed by atoms with Crippen molar-refractivity contribution in [2.75, 3.05) is 39.4 Å². The van der Waals surface area contributed by atoms with E-state index in [0.29, 0.717) is 25.0 Å². The highest BCUT2D eigenvalue weighted by atomic mass is 16.5. The zero-order chi connectivity index (χ0) is 16.7. The molecule has 130 valence electrons. The maximum Gasteiger partial charge on any atom is 0.314 e. The Morgan fingerprint density at radius 1 is 1.35 bits per heavy atom. The van der Waals surface area contributed by atoms with Gasteiger partial charge in [-0.25, -0.2) is 4.79 Å². The molecule has 0 bridgehead atoms. The third kappa shape index (κ3) is 5.84. The van der Waals surface area contributed by atoms with Gasteiger partial charge in [0.2, 0.25) is 0 Å². The second-order valence-electron chi connectivity index (χ2n) is 6.37. The lowest BCUT2D eigenvalue weighted by molar-refractivity contribution is 0.00720.